The summed E-state index contributed by atoms with van der Waals surface area (Å²) in [7, 11) is 4.16. The summed E-state index contributed by atoms with van der Waals surface area (Å²) in [5, 5.41) is 6.88. The van der Waals surface area contributed by atoms with Crippen LogP contribution < -0.4 is 5.32 Å². The highest BCUT2D eigenvalue weighted by molar-refractivity contribution is 5.76. The van der Waals surface area contributed by atoms with Crippen molar-refractivity contribution in [3.05, 3.63) is 30.4 Å². The lowest BCUT2D eigenvalue weighted by Gasteiger charge is -2.37. The molecule has 0 aliphatic carbocycles. The van der Waals surface area contributed by atoms with E-state index in [2.05, 4.69) is 44.3 Å². The van der Waals surface area contributed by atoms with Gasteiger partial charge in [0.15, 0.2) is 0 Å². The third-order valence-corrected chi connectivity index (χ3v) is 4.45. The SMILES string of the molecule is CN1CCN(C)C(CC(=O)NCCc2nc(-c3cccnc3)no2)C1. The van der Waals surface area contributed by atoms with Gasteiger partial charge in [-0.1, -0.05) is 5.16 Å². The normalized spacial score (nSPS) is 19.0. The Morgan fingerprint density at radius 2 is 2.28 bits per heavy atom. The fraction of sp³-hybridized carbons (Fsp3) is 0.529. The first-order chi connectivity index (χ1) is 12.1. The molecular weight excluding hydrogens is 320 g/mol. The Kier molecular flexibility index (Phi) is 5.72. The Morgan fingerprint density at radius 1 is 1.40 bits per heavy atom. The highest BCUT2D eigenvalue weighted by Gasteiger charge is 2.24. The van der Waals surface area contributed by atoms with E-state index in [-0.39, 0.29) is 11.9 Å². The topological polar surface area (TPSA) is 87.4 Å². The van der Waals surface area contributed by atoms with Gasteiger partial charge in [0, 0.05) is 63.0 Å². The van der Waals surface area contributed by atoms with Gasteiger partial charge in [0.1, 0.15) is 0 Å². The summed E-state index contributed by atoms with van der Waals surface area (Å²) in [5.41, 5.74) is 0.811. The predicted molar refractivity (Wildman–Crippen MR) is 92.8 cm³/mol. The zero-order chi connectivity index (χ0) is 17.6. The van der Waals surface area contributed by atoms with Gasteiger partial charge >= 0.3 is 0 Å². The summed E-state index contributed by atoms with van der Waals surface area (Å²) in [6.07, 6.45) is 4.40. The van der Waals surface area contributed by atoms with Crippen LogP contribution in [-0.2, 0) is 11.2 Å². The molecule has 1 aliphatic heterocycles. The third kappa shape index (κ3) is 4.83. The van der Waals surface area contributed by atoms with E-state index in [9.17, 15) is 4.79 Å². The lowest BCUT2D eigenvalue weighted by molar-refractivity contribution is -0.122. The maximum absolute atomic E-state index is 12.1. The van der Waals surface area contributed by atoms with Crippen LogP contribution in [0.2, 0.25) is 0 Å². The summed E-state index contributed by atoms with van der Waals surface area (Å²) in [4.78, 5) is 25.0. The van der Waals surface area contributed by atoms with Gasteiger partial charge in [-0.05, 0) is 26.2 Å². The summed E-state index contributed by atoms with van der Waals surface area (Å²) >= 11 is 0. The molecule has 8 heteroatoms. The highest BCUT2D eigenvalue weighted by atomic mass is 16.5. The Balaban J connectivity index is 1.43. The molecule has 1 aliphatic rings. The molecule has 3 rings (SSSR count). The Labute approximate surface area is 147 Å². The van der Waals surface area contributed by atoms with Gasteiger partial charge < -0.3 is 19.6 Å². The van der Waals surface area contributed by atoms with Crippen molar-refractivity contribution >= 4 is 5.91 Å². The zero-order valence-corrected chi connectivity index (χ0v) is 14.7. The summed E-state index contributed by atoms with van der Waals surface area (Å²) in [5.74, 6) is 1.08. The largest absolute Gasteiger partial charge is 0.356 e. The number of amides is 1. The van der Waals surface area contributed by atoms with Crippen molar-refractivity contribution in [1.82, 2.24) is 30.2 Å². The molecule has 25 heavy (non-hydrogen) atoms. The van der Waals surface area contributed by atoms with Crippen molar-refractivity contribution in [3.63, 3.8) is 0 Å². The Morgan fingerprint density at radius 3 is 3.08 bits per heavy atom. The molecule has 1 unspecified atom stereocenters. The quantitative estimate of drug-likeness (QED) is 0.813. The van der Waals surface area contributed by atoms with Crippen LogP contribution in [0.15, 0.2) is 29.0 Å². The molecule has 2 aromatic heterocycles. The van der Waals surface area contributed by atoms with Crippen LogP contribution in [0.1, 0.15) is 12.3 Å². The second-order valence-corrected chi connectivity index (χ2v) is 6.45. The molecule has 1 atom stereocenters. The lowest BCUT2D eigenvalue weighted by atomic mass is 10.1. The monoisotopic (exact) mass is 344 g/mol. The van der Waals surface area contributed by atoms with E-state index in [4.69, 9.17) is 4.52 Å². The first-order valence-corrected chi connectivity index (χ1v) is 8.50. The molecule has 1 fully saturated rings. The molecular formula is C17H24N6O2. The molecule has 0 aromatic carbocycles. The molecule has 0 spiro atoms. The van der Waals surface area contributed by atoms with Gasteiger partial charge in [0.2, 0.25) is 17.6 Å². The van der Waals surface area contributed by atoms with Gasteiger partial charge in [-0.3, -0.25) is 9.78 Å². The van der Waals surface area contributed by atoms with Crippen LogP contribution in [-0.4, -0.2) is 77.1 Å². The fourth-order valence-electron chi connectivity index (χ4n) is 2.89. The minimum absolute atomic E-state index is 0.0548. The first-order valence-electron chi connectivity index (χ1n) is 8.50. The molecule has 1 saturated heterocycles. The van der Waals surface area contributed by atoms with Crippen LogP contribution >= 0.6 is 0 Å². The maximum Gasteiger partial charge on any atom is 0.228 e. The van der Waals surface area contributed by atoms with Gasteiger partial charge in [-0.2, -0.15) is 4.98 Å². The van der Waals surface area contributed by atoms with Crippen LogP contribution in [0.25, 0.3) is 11.4 Å². The smallest absolute Gasteiger partial charge is 0.228 e. The summed E-state index contributed by atoms with van der Waals surface area (Å²) in [6, 6.07) is 3.96. The molecule has 134 valence electrons. The van der Waals surface area contributed by atoms with Crippen molar-refractivity contribution in [2.24, 2.45) is 0 Å². The number of rotatable bonds is 6. The molecule has 0 bridgehead atoms. The number of hydrogen-bond acceptors (Lipinski definition) is 7. The van der Waals surface area contributed by atoms with Gasteiger partial charge in [-0.25, -0.2) is 0 Å². The van der Waals surface area contributed by atoms with E-state index in [1.165, 1.54) is 0 Å². The molecule has 0 saturated carbocycles. The number of piperazine rings is 1. The summed E-state index contributed by atoms with van der Waals surface area (Å²) in [6.45, 7) is 3.44. The Hall–Kier alpha value is -2.32. The minimum Gasteiger partial charge on any atom is -0.356 e. The molecule has 2 aromatic rings. The van der Waals surface area contributed by atoms with Crippen molar-refractivity contribution in [1.29, 1.82) is 0 Å². The predicted octanol–water partition coefficient (Wildman–Crippen LogP) is 0.426. The maximum atomic E-state index is 12.1. The number of hydrogen-bond donors (Lipinski definition) is 1. The van der Waals surface area contributed by atoms with Crippen molar-refractivity contribution in [3.8, 4) is 11.4 Å². The molecule has 8 nitrogen and oxygen atoms in total. The fourth-order valence-corrected chi connectivity index (χ4v) is 2.89. The molecule has 1 amide bonds. The van der Waals surface area contributed by atoms with E-state index in [0.29, 0.717) is 31.1 Å². The first kappa shape index (κ1) is 17.5. The van der Waals surface area contributed by atoms with Crippen LogP contribution in [0.4, 0.5) is 0 Å². The number of nitrogens with one attached hydrogen (secondary N) is 1. The van der Waals surface area contributed by atoms with Crippen LogP contribution in [0.5, 0.6) is 0 Å². The van der Waals surface area contributed by atoms with E-state index < -0.39 is 0 Å². The second-order valence-electron chi connectivity index (χ2n) is 6.45. The van der Waals surface area contributed by atoms with Crippen molar-refractivity contribution in [2.75, 3.05) is 40.3 Å². The number of aromatic nitrogens is 3. The number of likely N-dealkylation sites (N-methyl/N-ethyl adjacent to an activating group) is 2. The van der Waals surface area contributed by atoms with Gasteiger partial charge in [0.05, 0.1) is 0 Å². The van der Waals surface area contributed by atoms with E-state index in [1.54, 1.807) is 12.4 Å². The van der Waals surface area contributed by atoms with Gasteiger partial charge in [0.25, 0.3) is 0 Å². The van der Waals surface area contributed by atoms with E-state index in [1.807, 2.05) is 12.1 Å². The number of pyridine rings is 1. The third-order valence-electron chi connectivity index (χ3n) is 4.45. The highest BCUT2D eigenvalue weighted by Crippen LogP contribution is 2.13. The lowest BCUT2D eigenvalue weighted by Crippen LogP contribution is -2.51. The molecule has 3 heterocycles. The van der Waals surface area contributed by atoms with E-state index in [0.717, 1.165) is 25.2 Å². The van der Waals surface area contributed by atoms with Crippen molar-refractivity contribution < 1.29 is 9.32 Å². The average molecular weight is 344 g/mol. The molecule has 1 N–H and O–H groups in total. The number of carbonyl (C=O) groups is 1. The molecule has 0 radical (unpaired) electrons. The van der Waals surface area contributed by atoms with Gasteiger partial charge in [-0.15, -0.1) is 0 Å². The summed E-state index contributed by atoms with van der Waals surface area (Å²) < 4.78 is 5.23. The standard InChI is InChI=1S/C17H24N6O2/c1-22-8-9-23(2)14(12-22)10-15(24)19-7-5-16-20-17(21-25-16)13-4-3-6-18-11-13/h3-4,6,11,14H,5,7-10,12H2,1-2H3,(H,19,24). The second kappa shape index (κ2) is 8.17. The minimum atomic E-state index is 0.0548. The average Bonchev–Trinajstić information content (AvgIpc) is 3.08. The number of nitrogens with zero attached hydrogens (tertiary/aromatic N) is 5. The van der Waals surface area contributed by atoms with Crippen LogP contribution in [0.3, 0.4) is 0 Å². The van der Waals surface area contributed by atoms with Crippen LogP contribution in [0, 0.1) is 0 Å². The zero-order valence-electron chi connectivity index (χ0n) is 14.7. The van der Waals surface area contributed by atoms with E-state index >= 15 is 0 Å². The Bertz CT molecular complexity index is 689. The number of carbonyl (C=O) groups excluding carboxylic acids is 1. The van der Waals surface area contributed by atoms with Crippen molar-refractivity contribution in [2.45, 2.75) is 18.9 Å².